The monoisotopic (exact) mass is 345 g/mol. The molecule has 0 spiro atoms. The third kappa shape index (κ3) is 5.67. The highest BCUT2D eigenvalue weighted by molar-refractivity contribution is 5.79. The summed E-state index contributed by atoms with van der Waals surface area (Å²) in [5.74, 6) is 2.04. The van der Waals surface area contributed by atoms with Crippen LogP contribution in [0.3, 0.4) is 0 Å². The Hall–Kier alpha value is -2.76. The Morgan fingerprint density at radius 2 is 1.92 bits per heavy atom. The minimum absolute atomic E-state index is 0.243. The topological polar surface area (TPSA) is 54.9 Å². The number of nitrogens with one attached hydrogen (secondary N) is 2. The third-order valence-electron chi connectivity index (χ3n) is 3.75. The van der Waals surface area contributed by atoms with Gasteiger partial charge in [-0.1, -0.05) is 12.1 Å². The first-order valence-corrected chi connectivity index (χ1v) is 8.06. The molecule has 25 heavy (non-hydrogen) atoms. The van der Waals surface area contributed by atoms with Crippen molar-refractivity contribution in [3.8, 4) is 11.5 Å². The quantitative estimate of drug-likeness (QED) is 0.598. The smallest absolute Gasteiger partial charge is 0.191 e. The summed E-state index contributed by atoms with van der Waals surface area (Å²) in [7, 11) is 4.99. The average molecular weight is 345 g/mol. The SMILES string of the molecule is CN=C(NCCc1cc(OC)ccc1OC)NCc1cccc(F)c1. The van der Waals surface area contributed by atoms with Gasteiger partial charge in [0.15, 0.2) is 5.96 Å². The molecule has 0 aliphatic heterocycles. The van der Waals surface area contributed by atoms with E-state index in [1.54, 1.807) is 27.3 Å². The van der Waals surface area contributed by atoms with Gasteiger partial charge in [-0.3, -0.25) is 4.99 Å². The zero-order valence-corrected chi connectivity index (χ0v) is 14.8. The zero-order valence-electron chi connectivity index (χ0n) is 14.8. The lowest BCUT2D eigenvalue weighted by atomic mass is 10.1. The molecule has 0 heterocycles. The molecule has 0 bridgehead atoms. The molecule has 2 N–H and O–H groups in total. The van der Waals surface area contributed by atoms with Crippen LogP contribution in [0.15, 0.2) is 47.5 Å². The molecular formula is C19H24FN3O2. The highest BCUT2D eigenvalue weighted by Gasteiger charge is 2.06. The summed E-state index contributed by atoms with van der Waals surface area (Å²) >= 11 is 0. The Kier molecular flexibility index (Phi) is 7.07. The Morgan fingerprint density at radius 1 is 1.08 bits per heavy atom. The predicted octanol–water partition coefficient (Wildman–Crippen LogP) is 2.75. The first-order chi connectivity index (χ1) is 12.2. The fraction of sp³-hybridized carbons (Fsp3) is 0.316. The first kappa shape index (κ1) is 18.6. The van der Waals surface area contributed by atoms with Gasteiger partial charge < -0.3 is 20.1 Å². The molecule has 0 amide bonds. The Bertz CT molecular complexity index is 720. The summed E-state index contributed by atoms with van der Waals surface area (Å²) in [5, 5.41) is 6.41. The van der Waals surface area contributed by atoms with E-state index in [2.05, 4.69) is 15.6 Å². The minimum Gasteiger partial charge on any atom is -0.497 e. The molecule has 0 radical (unpaired) electrons. The van der Waals surface area contributed by atoms with Crippen molar-refractivity contribution in [3.63, 3.8) is 0 Å². The summed E-state index contributed by atoms with van der Waals surface area (Å²) < 4.78 is 23.8. The number of rotatable bonds is 7. The van der Waals surface area contributed by atoms with Crippen LogP contribution in [0, 0.1) is 5.82 Å². The van der Waals surface area contributed by atoms with Gasteiger partial charge in [-0.2, -0.15) is 0 Å². The van der Waals surface area contributed by atoms with Crippen molar-refractivity contribution in [2.45, 2.75) is 13.0 Å². The maximum atomic E-state index is 13.2. The molecule has 0 aliphatic carbocycles. The number of nitrogens with zero attached hydrogens (tertiary/aromatic N) is 1. The normalized spacial score (nSPS) is 11.1. The summed E-state index contributed by atoms with van der Waals surface area (Å²) in [5.41, 5.74) is 1.91. The van der Waals surface area contributed by atoms with Crippen LogP contribution in [0.1, 0.15) is 11.1 Å². The number of methoxy groups -OCH3 is 2. The summed E-state index contributed by atoms with van der Waals surface area (Å²) in [6.07, 6.45) is 0.751. The molecule has 5 nitrogen and oxygen atoms in total. The van der Waals surface area contributed by atoms with Crippen LogP contribution in [-0.4, -0.2) is 33.8 Å². The van der Waals surface area contributed by atoms with Gasteiger partial charge in [0.25, 0.3) is 0 Å². The molecule has 2 aromatic carbocycles. The van der Waals surface area contributed by atoms with Crippen molar-refractivity contribution < 1.29 is 13.9 Å². The highest BCUT2D eigenvalue weighted by Crippen LogP contribution is 2.24. The zero-order chi connectivity index (χ0) is 18.1. The van der Waals surface area contributed by atoms with Gasteiger partial charge in [0.1, 0.15) is 17.3 Å². The van der Waals surface area contributed by atoms with E-state index >= 15 is 0 Å². The molecule has 0 fully saturated rings. The van der Waals surface area contributed by atoms with Crippen molar-refractivity contribution in [3.05, 3.63) is 59.4 Å². The second-order valence-electron chi connectivity index (χ2n) is 5.41. The van der Waals surface area contributed by atoms with Gasteiger partial charge in [0, 0.05) is 20.1 Å². The van der Waals surface area contributed by atoms with Crippen LogP contribution >= 0.6 is 0 Å². The van der Waals surface area contributed by atoms with Gasteiger partial charge in [-0.15, -0.1) is 0 Å². The van der Waals surface area contributed by atoms with E-state index in [0.717, 1.165) is 29.0 Å². The Balaban J connectivity index is 1.87. The van der Waals surface area contributed by atoms with E-state index in [9.17, 15) is 4.39 Å². The van der Waals surface area contributed by atoms with E-state index in [1.807, 2.05) is 24.3 Å². The average Bonchev–Trinajstić information content (AvgIpc) is 2.64. The highest BCUT2D eigenvalue weighted by atomic mass is 19.1. The molecule has 2 rings (SSSR count). The van der Waals surface area contributed by atoms with Crippen molar-refractivity contribution in [2.75, 3.05) is 27.8 Å². The Morgan fingerprint density at radius 3 is 2.60 bits per heavy atom. The predicted molar refractivity (Wildman–Crippen MR) is 97.9 cm³/mol. The lowest BCUT2D eigenvalue weighted by molar-refractivity contribution is 0.398. The van der Waals surface area contributed by atoms with E-state index in [0.29, 0.717) is 19.0 Å². The number of benzene rings is 2. The van der Waals surface area contributed by atoms with Crippen LogP contribution in [0.5, 0.6) is 11.5 Å². The van der Waals surface area contributed by atoms with Gasteiger partial charge >= 0.3 is 0 Å². The van der Waals surface area contributed by atoms with E-state index in [-0.39, 0.29) is 5.82 Å². The maximum Gasteiger partial charge on any atom is 0.191 e. The molecule has 6 heteroatoms. The molecular weight excluding hydrogens is 321 g/mol. The van der Waals surface area contributed by atoms with Crippen molar-refractivity contribution >= 4 is 5.96 Å². The summed E-state index contributed by atoms with van der Waals surface area (Å²) in [6.45, 7) is 1.17. The maximum absolute atomic E-state index is 13.2. The van der Waals surface area contributed by atoms with E-state index < -0.39 is 0 Å². The molecule has 0 saturated carbocycles. The van der Waals surface area contributed by atoms with Gasteiger partial charge in [0.2, 0.25) is 0 Å². The molecule has 0 aromatic heterocycles. The van der Waals surface area contributed by atoms with E-state index in [4.69, 9.17) is 9.47 Å². The third-order valence-corrected chi connectivity index (χ3v) is 3.75. The first-order valence-electron chi connectivity index (χ1n) is 8.06. The summed E-state index contributed by atoms with van der Waals surface area (Å²) in [4.78, 5) is 4.18. The van der Waals surface area contributed by atoms with Crippen LogP contribution in [0.25, 0.3) is 0 Å². The molecule has 134 valence electrons. The fourth-order valence-electron chi connectivity index (χ4n) is 2.45. The molecule has 0 aliphatic rings. The van der Waals surface area contributed by atoms with Crippen LogP contribution in [-0.2, 0) is 13.0 Å². The van der Waals surface area contributed by atoms with Gasteiger partial charge in [-0.05, 0) is 47.9 Å². The van der Waals surface area contributed by atoms with Crippen LogP contribution in [0.2, 0.25) is 0 Å². The van der Waals surface area contributed by atoms with Crippen molar-refractivity contribution in [1.82, 2.24) is 10.6 Å². The number of ether oxygens (including phenoxy) is 2. The van der Waals surface area contributed by atoms with Gasteiger partial charge in [0.05, 0.1) is 14.2 Å². The molecule has 0 saturated heterocycles. The largest absolute Gasteiger partial charge is 0.497 e. The number of halogens is 1. The molecule has 0 unspecified atom stereocenters. The molecule has 2 aromatic rings. The fourth-order valence-corrected chi connectivity index (χ4v) is 2.45. The minimum atomic E-state index is -0.243. The molecule has 0 atom stereocenters. The number of guanidine groups is 1. The number of hydrogen-bond acceptors (Lipinski definition) is 3. The lowest BCUT2D eigenvalue weighted by Crippen LogP contribution is -2.37. The standard InChI is InChI=1S/C19H24FN3O2/c1-21-19(23-13-14-5-4-6-16(20)11-14)22-10-9-15-12-17(24-2)7-8-18(15)25-3/h4-8,11-12H,9-10,13H2,1-3H3,(H2,21,22,23). The second-order valence-corrected chi connectivity index (χ2v) is 5.41. The van der Waals surface area contributed by atoms with Gasteiger partial charge in [-0.25, -0.2) is 4.39 Å². The lowest BCUT2D eigenvalue weighted by Gasteiger charge is -2.14. The second kappa shape index (κ2) is 9.52. The van der Waals surface area contributed by atoms with Crippen LogP contribution in [0.4, 0.5) is 4.39 Å². The number of hydrogen-bond donors (Lipinski definition) is 2. The number of aliphatic imine (C=N–C) groups is 1. The summed E-state index contributed by atoms with van der Waals surface area (Å²) in [6, 6.07) is 12.2. The van der Waals surface area contributed by atoms with Crippen molar-refractivity contribution in [1.29, 1.82) is 0 Å². The Labute approximate surface area is 147 Å². The van der Waals surface area contributed by atoms with Crippen molar-refractivity contribution in [2.24, 2.45) is 4.99 Å². The van der Waals surface area contributed by atoms with E-state index in [1.165, 1.54) is 12.1 Å². The van der Waals surface area contributed by atoms with Crippen LogP contribution < -0.4 is 20.1 Å².